The van der Waals surface area contributed by atoms with Crippen molar-refractivity contribution >= 4 is 11.5 Å². The minimum atomic E-state index is -0.229. The largest absolute Gasteiger partial charge is 0.325 e. The molecule has 90 valence electrons. The number of halogens is 1. The van der Waals surface area contributed by atoms with Crippen molar-refractivity contribution in [2.75, 3.05) is 6.54 Å². The zero-order valence-electron chi connectivity index (χ0n) is 9.64. The summed E-state index contributed by atoms with van der Waals surface area (Å²) in [5, 5.41) is 0. The average molecular weight is 242 g/mol. The molecule has 0 saturated carbocycles. The van der Waals surface area contributed by atoms with Gasteiger partial charge in [-0.3, -0.25) is 4.79 Å². The summed E-state index contributed by atoms with van der Waals surface area (Å²) in [6.45, 7) is 0.350. The molecule has 0 atom stereocenters. The van der Waals surface area contributed by atoms with Crippen molar-refractivity contribution in [2.45, 2.75) is 6.42 Å². The highest BCUT2D eigenvalue weighted by molar-refractivity contribution is 6.01. The van der Waals surface area contributed by atoms with Crippen LogP contribution in [0, 0.1) is 5.82 Å². The number of nitrogens with zero attached hydrogens (tertiary/aromatic N) is 2. The number of benzene rings is 1. The van der Waals surface area contributed by atoms with Crippen molar-refractivity contribution in [3.63, 3.8) is 0 Å². The second-order valence-corrected chi connectivity index (χ2v) is 4.28. The van der Waals surface area contributed by atoms with Gasteiger partial charge < -0.3 is 4.90 Å². The van der Waals surface area contributed by atoms with Gasteiger partial charge >= 0.3 is 0 Å². The molecule has 2 heterocycles. The van der Waals surface area contributed by atoms with Crippen LogP contribution < -0.4 is 0 Å². The summed E-state index contributed by atoms with van der Waals surface area (Å²) >= 11 is 0. The van der Waals surface area contributed by atoms with E-state index in [-0.39, 0.29) is 11.6 Å². The molecule has 4 heteroatoms. The van der Waals surface area contributed by atoms with Crippen LogP contribution in [0.4, 0.5) is 4.39 Å². The van der Waals surface area contributed by atoms with E-state index < -0.39 is 0 Å². The van der Waals surface area contributed by atoms with Crippen molar-refractivity contribution < 1.29 is 9.18 Å². The summed E-state index contributed by atoms with van der Waals surface area (Å²) < 4.78 is 13.5. The highest BCUT2D eigenvalue weighted by Crippen LogP contribution is 2.20. The summed E-state index contributed by atoms with van der Waals surface area (Å²) in [4.78, 5) is 17.4. The highest BCUT2D eigenvalue weighted by atomic mass is 19.1. The minimum Gasteiger partial charge on any atom is -0.325 e. The van der Waals surface area contributed by atoms with E-state index in [0.717, 1.165) is 5.71 Å². The number of rotatable bonds is 2. The Balaban J connectivity index is 1.85. The zero-order chi connectivity index (χ0) is 12.5. The average Bonchev–Trinajstić information content (AvgIpc) is 2.71. The molecule has 2 aliphatic rings. The molecule has 1 aromatic carbocycles. The molecule has 0 radical (unpaired) electrons. The molecular weight excluding hydrogens is 231 g/mol. The van der Waals surface area contributed by atoms with Crippen molar-refractivity contribution in [3.8, 4) is 0 Å². The van der Waals surface area contributed by atoms with E-state index in [1.165, 1.54) is 12.1 Å². The van der Waals surface area contributed by atoms with Crippen molar-refractivity contribution in [1.82, 2.24) is 4.90 Å². The van der Waals surface area contributed by atoms with Crippen LogP contribution in [-0.4, -0.2) is 22.9 Å². The Morgan fingerprint density at radius 2 is 2.17 bits per heavy atom. The first kappa shape index (κ1) is 10.9. The van der Waals surface area contributed by atoms with E-state index in [0.29, 0.717) is 24.4 Å². The van der Waals surface area contributed by atoms with E-state index in [2.05, 4.69) is 4.99 Å². The van der Waals surface area contributed by atoms with Gasteiger partial charge in [0.1, 0.15) is 11.6 Å². The van der Waals surface area contributed by atoms with Gasteiger partial charge in [-0.15, -0.1) is 0 Å². The summed E-state index contributed by atoms with van der Waals surface area (Å²) in [5.74, 6) is 0.465. The molecule has 0 aliphatic carbocycles. The van der Waals surface area contributed by atoms with Crippen LogP contribution in [-0.2, 0) is 11.2 Å². The van der Waals surface area contributed by atoms with Gasteiger partial charge in [0.15, 0.2) is 5.78 Å². The van der Waals surface area contributed by atoms with E-state index >= 15 is 0 Å². The number of carbonyl (C=O) groups excluding carboxylic acids is 1. The van der Waals surface area contributed by atoms with Crippen LogP contribution in [0.15, 0.2) is 53.4 Å². The first-order valence-corrected chi connectivity index (χ1v) is 5.73. The van der Waals surface area contributed by atoms with Crippen molar-refractivity contribution in [3.05, 3.63) is 59.8 Å². The Bertz CT molecular complexity index is 602. The Labute approximate surface area is 104 Å². The summed E-state index contributed by atoms with van der Waals surface area (Å²) in [7, 11) is 0. The van der Waals surface area contributed by atoms with E-state index in [4.69, 9.17) is 0 Å². The lowest BCUT2D eigenvalue weighted by atomic mass is 10.1. The maximum Gasteiger partial charge on any atom is 0.179 e. The van der Waals surface area contributed by atoms with Gasteiger partial charge in [-0.25, -0.2) is 9.38 Å². The second kappa shape index (κ2) is 4.22. The molecule has 3 rings (SSSR count). The van der Waals surface area contributed by atoms with E-state index in [1.807, 2.05) is 12.3 Å². The lowest BCUT2D eigenvalue weighted by Gasteiger charge is -2.18. The number of hydrogen-bond acceptors (Lipinski definition) is 3. The van der Waals surface area contributed by atoms with Gasteiger partial charge in [-0.1, -0.05) is 18.2 Å². The van der Waals surface area contributed by atoms with Gasteiger partial charge in [0.05, 0.1) is 6.54 Å². The fourth-order valence-corrected chi connectivity index (χ4v) is 2.04. The molecule has 0 amide bonds. The third-order valence-corrected chi connectivity index (χ3v) is 2.94. The zero-order valence-corrected chi connectivity index (χ0v) is 9.64. The quantitative estimate of drug-likeness (QED) is 0.795. The maximum atomic E-state index is 13.5. The monoisotopic (exact) mass is 242 g/mol. The molecule has 0 spiro atoms. The standard InChI is InChI=1S/C14H11FN2O/c15-13-4-2-1-3-10(13)7-11-5-6-17-9-12(18)8-14(17)16-11/h1-6,8H,7,9H2. The molecule has 0 unspecified atom stereocenters. The highest BCUT2D eigenvalue weighted by Gasteiger charge is 2.21. The summed E-state index contributed by atoms with van der Waals surface area (Å²) in [6.07, 6.45) is 5.59. The van der Waals surface area contributed by atoms with Crippen molar-refractivity contribution in [2.24, 2.45) is 4.99 Å². The lowest BCUT2D eigenvalue weighted by molar-refractivity contribution is -0.113. The number of aliphatic imine (C=N–C) groups is 1. The Morgan fingerprint density at radius 3 is 3.00 bits per heavy atom. The molecule has 2 aliphatic heterocycles. The normalized spacial score (nSPS) is 17.6. The van der Waals surface area contributed by atoms with Gasteiger partial charge in [-0.05, 0) is 17.7 Å². The second-order valence-electron chi connectivity index (χ2n) is 4.28. The third-order valence-electron chi connectivity index (χ3n) is 2.94. The molecular formula is C14H11FN2O. The van der Waals surface area contributed by atoms with Crippen molar-refractivity contribution in [1.29, 1.82) is 0 Å². The summed E-state index contributed by atoms with van der Waals surface area (Å²) in [5.41, 5.74) is 1.37. The first-order valence-electron chi connectivity index (χ1n) is 5.73. The topological polar surface area (TPSA) is 32.7 Å². The molecule has 0 N–H and O–H groups in total. The van der Waals surface area contributed by atoms with Gasteiger partial charge in [0, 0.05) is 24.4 Å². The van der Waals surface area contributed by atoms with Gasteiger partial charge in [0.25, 0.3) is 0 Å². The molecule has 18 heavy (non-hydrogen) atoms. The first-order chi connectivity index (χ1) is 8.72. The minimum absolute atomic E-state index is 0.0468. The van der Waals surface area contributed by atoms with Gasteiger partial charge in [0.2, 0.25) is 0 Å². The van der Waals surface area contributed by atoms with E-state index in [9.17, 15) is 9.18 Å². The number of allylic oxidation sites excluding steroid dienone is 1. The third kappa shape index (κ3) is 1.97. The predicted molar refractivity (Wildman–Crippen MR) is 66.5 cm³/mol. The number of carbonyl (C=O) groups is 1. The smallest absolute Gasteiger partial charge is 0.179 e. The number of ketones is 1. The Kier molecular flexibility index (Phi) is 2.55. The molecule has 0 saturated heterocycles. The van der Waals surface area contributed by atoms with Crippen LogP contribution in [0.3, 0.4) is 0 Å². The molecule has 0 bridgehead atoms. The Morgan fingerprint density at radius 1 is 1.33 bits per heavy atom. The number of fused-ring (bicyclic) bond motifs is 1. The molecule has 1 aromatic rings. The Hall–Kier alpha value is -2.23. The molecule has 3 nitrogen and oxygen atoms in total. The summed E-state index contributed by atoms with van der Waals surface area (Å²) in [6, 6.07) is 6.65. The lowest BCUT2D eigenvalue weighted by Crippen LogP contribution is -2.19. The van der Waals surface area contributed by atoms with Crippen LogP contribution in [0.2, 0.25) is 0 Å². The number of hydrogen-bond donors (Lipinski definition) is 0. The molecule has 0 aromatic heterocycles. The predicted octanol–water partition coefficient (Wildman–Crippen LogP) is 2.06. The maximum absolute atomic E-state index is 13.5. The fraction of sp³-hybridized carbons (Fsp3) is 0.143. The van der Waals surface area contributed by atoms with Crippen LogP contribution >= 0.6 is 0 Å². The molecule has 0 fully saturated rings. The SMILES string of the molecule is O=C1C=C2N=C(Cc3ccccc3F)C=CN2C1. The van der Waals surface area contributed by atoms with E-state index in [1.54, 1.807) is 23.1 Å². The van der Waals surface area contributed by atoms with Gasteiger partial charge in [-0.2, -0.15) is 0 Å². The fourth-order valence-electron chi connectivity index (χ4n) is 2.04. The van der Waals surface area contributed by atoms with Crippen LogP contribution in [0.5, 0.6) is 0 Å². The van der Waals surface area contributed by atoms with Crippen LogP contribution in [0.25, 0.3) is 0 Å². The van der Waals surface area contributed by atoms with Crippen LogP contribution in [0.1, 0.15) is 5.56 Å².